The summed E-state index contributed by atoms with van der Waals surface area (Å²) in [5.41, 5.74) is 6.74. The lowest BCUT2D eigenvalue weighted by atomic mass is 10.00. The second-order valence-corrected chi connectivity index (χ2v) is 8.42. The van der Waals surface area contributed by atoms with Gasteiger partial charge in [0.25, 0.3) is 5.91 Å². The zero-order chi connectivity index (χ0) is 20.0. The quantitative estimate of drug-likeness (QED) is 0.709. The van der Waals surface area contributed by atoms with Crippen molar-refractivity contribution >= 4 is 22.6 Å². The molecule has 0 saturated carbocycles. The first-order valence-corrected chi connectivity index (χ1v) is 10.7. The maximum absolute atomic E-state index is 13.2. The first kappa shape index (κ1) is 18.2. The molecule has 0 atom stereocenters. The van der Waals surface area contributed by atoms with Crippen LogP contribution in [0, 0.1) is 13.8 Å². The molecule has 5 nitrogen and oxygen atoms in total. The van der Waals surface area contributed by atoms with Crippen LogP contribution < -0.4 is 4.90 Å². The zero-order valence-electron chi connectivity index (χ0n) is 17.3. The molecular formula is C24H28N4O. The molecule has 5 rings (SSSR count). The van der Waals surface area contributed by atoms with Gasteiger partial charge >= 0.3 is 0 Å². The second-order valence-electron chi connectivity index (χ2n) is 8.42. The first-order valence-electron chi connectivity index (χ1n) is 10.7. The van der Waals surface area contributed by atoms with Crippen molar-refractivity contribution in [3.63, 3.8) is 0 Å². The number of likely N-dealkylation sites (tertiary alicyclic amines) is 1. The van der Waals surface area contributed by atoms with Gasteiger partial charge in [0.15, 0.2) is 5.82 Å². The maximum Gasteiger partial charge on any atom is 0.272 e. The number of amides is 1. The van der Waals surface area contributed by atoms with Crippen LogP contribution in [0.4, 0.5) is 5.82 Å². The van der Waals surface area contributed by atoms with E-state index >= 15 is 0 Å². The Bertz CT molecular complexity index is 1080. The van der Waals surface area contributed by atoms with Crippen molar-refractivity contribution in [3.05, 3.63) is 58.4 Å². The van der Waals surface area contributed by atoms with Gasteiger partial charge < -0.3 is 14.8 Å². The summed E-state index contributed by atoms with van der Waals surface area (Å²) in [6.07, 6.45) is 4.39. The van der Waals surface area contributed by atoms with E-state index in [2.05, 4.69) is 48.0 Å². The average molecular weight is 389 g/mol. The van der Waals surface area contributed by atoms with Gasteiger partial charge in [0, 0.05) is 37.3 Å². The Morgan fingerprint density at radius 2 is 1.79 bits per heavy atom. The Balaban J connectivity index is 1.59. The van der Waals surface area contributed by atoms with E-state index in [4.69, 9.17) is 4.98 Å². The average Bonchev–Trinajstić information content (AvgIpc) is 3.06. The Morgan fingerprint density at radius 1 is 1.03 bits per heavy atom. The normalized spacial score (nSPS) is 16.9. The standard InChI is InChI=1S/C24H28N4O/c1-16-17(2)25-22-20(16)14-21(24(29)27-11-6-3-7-12-27)26-23(22)28-13-10-18-8-4-5-9-19(18)15-28/h4-5,8-9,14,25H,3,6-7,10-13,15H2,1-2H3. The fourth-order valence-corrected chi connectivity index (χ4v) is 4.71. The zero-order valence-corrected chi connectivity index (χ0v) is 17.3. The Labute approximate surface area is 171 Å². The summed E-state index contributed by atoms with van der Waals surface area (Å²) in [7, 11) is 0. The molecule has 1 amide bonds. The summed E-state index contributed by atoms with van der Waals surface area (Å²) in [5.74, 6) is 0.983. The van der Waals surface area contributed by atoms with Gasteiger partial charge in [0.05, 0.1) is 5.52 Å². The van der Waals surface area contributed by atoms with Crippen LogP contribution in [0.2, 0.25) is 0 Å². The number of aromatic amines is 1. The molecule has 150 valence electrons. The lowest BCUT2D eigenvalue weighted by Crippen LogP contribution is -2.36. The van der Waals surface area contributed by atoms with E-state index in [-0.39, 0.29) is 5.91 Å². The van der Waals surface area contributed by atoms with Crippen LogP contribution >= 0.6 is 0 Å². The number of aromatic nitrogens is 2. The van der Waals surface area contributed by atoms with Gasteiger partial charge in [-0.2, -0.15) is 0 Å². The van der Waals surface area contributed by atoms with Crippen LogP contribution in [0.5, 0.6) is 0 Å². The van der Waals surface area contributed by atoms with E-state index in [0.717, 1.165) is 67.9 Å². The van der Waals surface area contributed by atoms with E-state index in [0.29, 0.717) is 5.69 Å². The van der Waals surface area contributed by atoms with Crippen molar-refractivity contribution in [3.8, 4) is 0 Å². The molecule has 5 heteroatoms. The monoisotopic (exact) mass is 388 g/mol. The summed E-state index contributed by atoms with van der Waals surface area (Å²) in [5, 5.41) is 1.12. The number of piperidine rings is 1. The molecule has 1 aromatic carbocycles. The Kier molecular flexibility index (Phi) is 4.53. The third-order valence-corrected chi connectivity index (χ3v) is 6.57. The van der Waals surface area contributed by atoms with Crippen LogP contribution in [0.15, 0.2) is 30.3 Å². The second kappa shape index (κ2) is 7.21. The summed E-state index contributed by atoms with van der Waals surface area (Å²) in [4.78, 5) is 26.0. The van der Waals surface area contributed by atoms with Crippen LogP contribution in [0.25, 0.3) is 10.9 Å². The van der Waals surface area contributed by atoms with Crippen molar-refractivity contribution in [2.24, 2.45) is 0 Å². The number of hydrogen-bond acceptors (Lipinski definition) is 3. The molecular weight excluding hydrogens is 360 g/mol. The number of rotatable bonds is 2. The van der Waals surface area contributed by atoms with Gasteiger partial charge in [-0.15, -0.1) is 0 Å². The van der Waals surface area contributed by atoms with Crippen molar-refractivity contribution in [2.45, 2.75) is 46.1 Å². The van der Waals surface area contributed by atoms with Crippen LogP contribution in [0.3, 0.4) is 0 Å². The number of pyridine rings is 1. The third-order valence-electron chi connectivity index (χ3n) is 6.57. The number of fused-ring (bicyclic) bond motifs is 2. The minimum Gasteiger partial charge on any atom is -0.355 e. The minimum absolute atomic E-state index is 0.0727. The van der Waals surface area contributed by atoms with Gasteiger partial charge in [0.2, 0.25) is 0 Å². The fourth-order valence-electron chi connectivity index (χ4n) is 4.71. The minimum atomic E-state index is 0.0727. The van der Waals surface area contributed by atoms with E-state index in [1.54, 1.807) is 0 Å². The number of nitrogens with zero attached hydrogens (tertiary/aromatic N) is 3. The molecule has 29 heavy (non-hydrogen) atoms. The molecule has 1 N–H and O–H groups in total. The molecule has 2 aromatic heterocycles. The van der Waals surface area contributed by atoms with Crippen molar-refractivity contribution in [1.82, 2.24) is 14.9 Å². The highest BCUT2D eigenvalue weighted by Gasteiger charge is 2.25. The number of aryl methyl sites for hydroxylation is 2. The molecule has 0 unspecified atom stereocenters. The third kappa shape index (κ3) is 3.18. The molecule has 0 spiro atoms. The number of hydrogen-bond donors (Lipinski definition) is 1. The Morgan fingerprint density at radius 3 is 2.59 bits per heavy atom. The molecule has 1 fully saturated rings. The van der Waals surface area contributed by atoms with Crippen LogP contribution in [-0.4, -0.2) is 40.4 Å². The molecule has 2 aliphatic rings. The molecule has 4 heterocycles. The first-order chi connectivity index (χ1) is 14.1. The van der Waals surface area contributed by atoms with Crippen LogP contribution in [0.1, 0.15) is 52.1 Å². The van der Waals surface area contributed by atoms with Crippen molar-refractivity contribution < 1.29 is 4.79 Å². The number of benzene rings is 1. The molecule has 0 aliphatic carbocycles. The van der Waals surface area contributed by atoms with E-state index in [9.17, 15) is 4.79 Å². The molecule has 3 aromatic rings. The number of carbonyl (C=O) groups is 1. The number of carbonyl (C=O) groups excluding carboxylic acids is 1. The predicted octanol–water partition coefficient (Wildman–Crippen LogP) is 4.37. The highest BCUT2D eigenvalue weighted by molar-refractivity contribution is 6.01. The summed E-state index contributed by atoms with van der Waals surface area (Å²) in [6, 6.07) is 10.6. The summed E-state index contributed by atoms with van der Waals surface area (Å²) < 4.78 is 0. The van der Waals surface area contributed by atoms with E-state index < -0.39 is 0 Å². The van der Waals surface area contributed by atoms with Gasteiger partial charge in [-0.3, -0.25) is 4.79 Å². The lowest BCUT2D eigenvalue weighted by Gasteiger charge is -2.31. The smallest absolute Gasteiger partial charge is 0.272 e. The SMILES string of the molecule is Cc1[nH]c2c(N3CCc4ccccc4C3)nc(C(=O)N3CCCCC3)cc2c1C. The molecule has 0 bridgehead atoms. The number of H-pyrrole nitrogens is 1. The molecule has 1 saturated heterocycles. The van der Waals surface area contributed by atoms with E-state index in [1.165, 1.54) is 23.1 Å². The van der Waals surface area contributed by atoms with Crippen molar-refractivity contribution in [2.75, 3.05) is 24.5 Å². The maximum atomic E-state index is 13.2. The lowest BCUT2D eigenvalue weighted by molar-refractivity contribution is 0.0718. The topological polar surface area (TPSA) is 52.2 Å². The largest absolute Gasteiger partial charge is 0.355 e. The van der Waals surface area contributed by atoms with Gasteiger partial charge in [-0.25, -0.2) is 4.98 Å². The number of anilines is 1. The summed E-state index contributed by atoms with van der Waals surface area (Å²) >= 11 is 0. The fraction of sp³-hybridized carbons (Fsp3) is 0.417. The highest BCUT2D eigenvalue weighted by atomic mass is 16.2. The van der Waals surface area contributed by atoms with Crippen molar-refractivity contribution in [1.29, 1.82) is 0 Å². The van der Waals surface area contributed by atoms with Gasteiger partial charge in [-0.05, 0) is 62.3 Å². The molecule has 2 aliphatic heterocycles. The molecule has 0 radical (unpaired) electrons. The Hall–Kier alpha value is -2.82. The van der Waals surface area contributed by atoms with Gasteiger partial charge in [-0.1, -0.05) is 24.3 Å². The van der Waals surface area contributed by atoms with Gasteiger partial charge in [0.1, 0.15) is 5.69 Å². The van der Waals surface area contributed by atoms with Crippen LogP contribution in [-0.2, 0) is 13.0 Å². The number of nitrogens with one attached hydrogen (secondary N) is 1. The highest BCUT2D eigenvalue weighted by Crippen LogP contribution is 2.33. The predicted molar refractivity (Wildman–Crippen MR) is 117 cm³/mol. The van der Waals surface area contributed by atoms with E-state index in [1.807, 2.05) is 11.0 Å². The summed E-state index contributed by atoms with van der Waals surface area (Å²) in [6.45, 7) is 7.65.